The summed E-state index contributed by atoms with van der Waals surface area (Å²) in [5.74, 6) is 0.224. The first kappa shape index (κ1) is 18.3. The molecule has 1 aliphatic rings. The van der Waals surface area contributed by atoms with Gasteiger partial charge in [0.15, 0.2) is 18.1 Å². The van der Waals surface area contributed by atoms with E-state index in [9.17, 15) is 14.9 Å². The number of likely N-dealkylation sites (N-methyl/N-ethyl adjacent to an activating group) is 1. The first-order valence-electron chi connectivity index (χ1n) is 8.07. The van der Waals surface area contributed by atoms with Crippen molar-refractivity contribution in [3.05, 3.63) is 29.3 Å². The quantitative estimate of drug-likeness (QED) is 0.549. The van der Waals surface area contributed by atoms with Crippen LogP contribution in [0, 0.1) is 11.3 Å². The minimum atomic E-state index is -0.375. The lowest BCUT2D eigenvalue weighted by molar-refractivity contribution is -0.123. The van der Waals surface area contributed by atoms with E-state index in [2.05, 4.69) is 10.6 Å². The van der Waals surface area contributed by atoms with E-state index in [0.717, 1.165) is 12.8 Å². The van der Waals surface area contributed by atoms with E-state index in [1.54, 1.807) is 18.2 Å². The number of amides is 2. The maximum atomic E-state index is 12.0. The third kappa shape index (κ3) is 5.53. The Morgan fingerprint density at radius 1 is 1.36 bits per heavy atom. The van der Waals surface area contributed by atoms with Gasteiger partial charge in [-0.1, -0.05) is 6.07 Å². The second kappa shape index (κ2) is 8.73. The standard InChI is InChI=1S/C18H21N3O4/c1-3-20-17(22)11-25-15-7-4-12(9-16(15)24-2)8-13(10-19)18(23)21-14-5-6-14/h4,7-9,14H,3,5-6,11H2,1-2H3,(H,20,22)(H,21,23)/b13-8+. The molecule has 1 fully saturated rings. The van der Waals surface area contributed by atoms with Crippen molar-refractivity contribution in [2.45, 2.75) is 25.8 Å². The molecular weight excluding hydrogens is 322 g/mol. The van der Waals surface area contributed by atoms with Gasteiger partial charge in [-0.3, -0.25) is 9.59 Å². The van der Waals surface area contributed by atoms with Crippen LogP contribution in [0.25, 0.3) is 6.08 Å². The van der Waals surface area contributed by atoms with Crippen LogP contribution in [-0.2, 0) is 9.59 Å². The summed E-state index contributed by atoms with van der Waals surface area (Å²) in [5.41, 5.74) is 0.662. The number of ether oxygens (including phenoxy) is 2. The van der Waals surface area contributed by atoms with Gasteiger partial charge in [-0.05, 0) is 43.5 Å². The highest BCUT2D eigenvalue weighted by Gasteiger charge is 2.24. The van der Waals surface area contributed by atoms with E-state index >= 15 is 0 Å². The van der Waals surface area contributed by atoms with E-state index in [1.807, 2.05) is 13.0 Å². The second-order valence-corrected chi connectivity index (χ2v) is 5.57. The fourth-order valence-electron chi connectivity index (χ4n) is 2.09. The molecule has 1 aromatic rings. The molecule has 0 spiro atoms. The van der Waals surface area contributed by atoms with Gasteiger partial charge in [0.1, 0.15) is 11.6 Å². The van der Waals surface area contributed by atoms with Crippen molar-refractivity contribution in [3.63, 3.8) is 0 Å². The molecule has 132 valence electrons. The van der Waals surface area contributed by atoms with Crippen LogP contribution in [0.2, 0.25) is 0 Å². The van der Waals surface area contributed by atoms with E-state index in [0.29, 0.717) is 23.6 Å². The number of benzene rings is 1. The average molecular weight is 343 g/mol. The molecular formula is C18H21N3O4. The zero-order chi connectivity index (χ0) is 18.2. The Hall–Kier alpha value is -3.01. The molecule has 0 unspecified atom stereocenters. The fourth-order valence-corrected chi connectivity index (χ4v) is 2.09. The van der Waals surface area contributed by atoms with E-state index < -0.39 is 0 Å². The van der Waals surface area contributed by atoms with Crippen LogP contribution in [0.15, 0.2) is 23.8 Å². The number of nitriles is 1. The Morgan fingerprint density at radius 2 is 2.12 bits per heavy atom. The Balaban J connectivity index is 2.11. The van der Waals surface area contributed by atoms with Crippen molar-refractivity contribution >= 4 is 17.9 Å². The smallest absolute Gasteiger partial charge is 0.262 e. The topological polar surface area (TPSA) is 100 Å². The number of carbonyl (C=O) groups excluding carboxylic acids is 2. The van der Waals surface area contributed by atoms with Crippen molar-refractivity contribution in [3.8, 4) is 17.6 Å². The van der Waals surface area contributed by atoms with Gasteiger partial charge in [0.2, 0.25) is 0 Å². The number of carbonyl (C=O) groups is 2. The molecule has 25 heavy (non-hydrogen) atoms. The van der Waals surface area contributed by atoms with Gasteiger partial charge in [0, 0.05) is 12.6 Å². The van der Waals surface area contributed by atoms with Gasteiger partial charge < -0.3 is 20.1 Å². The minimum absolute atomic E-state index is 0.0324. The van der Waals surface area contributed by atoms with Gasteiger partial charge >= 0.3 is 0 Å². The number of nitrogens with one attached hydrogen (secondary N) is 2. The van der Waals surface area contributed by atoms with Crippen LogP contribution in [0.5, 0.6) is 11.5 Å². The number of hydrogen-bond acceptors (Lipinski definition) is 5. The maximum absolute atomic E-state index is 12.0. The highest BCUT2D eigenvalue weighted by molar-refractivity contribution is 6.02. The Labute approximate surface area is 146 Å². The fraction of sp³-hybridized carbons (Fsp3) is 0.389. The molecule has 0 atom stereocenters. The summed E-state index contributed by atoms with van der Waals surface area (Å²) in [5, 5.41) is 14.6. The monoisotopic (exact) mass is 343 g/mol. The lowest BCUT2D eigenvalue weighted by atomic mass is 10.1. The highest BCUT2D eigenvalue weighted by atomic mass is 16.5. The van der Waals surface area contributed by atoms with Crippen LogP contribution >= 0.6 is 0 Å². The summed E-state index contributed by atoms with van der Waals surface area (Å²) in [7, 11) is 1.48. The van der Waals surface area contributed by atoms with Crippen molar-refractivity contribution in [2.75, 3.05) is 20.3 Å². The van der Waals surface area contributed by atoms with Gasteiger partial charge in [-0.2, -0.15) is 5.26 Å². The largest absolute Gasteiger partial charge is 0.493 e. The molecule has 0 saturated heterocycles. The normalized spacial score (nSPS) is 13.6. The van der Waals surface area contributed by atoms with E-state index in [1.165, 1.54) is 13.2 Å². The summed E-state index contributed by atoms with van der Waals surface area (Å²) >= 11 is 0. The van der Waals surface area contributed by atoms with Crippen molar-refractivity contribution in [2.24, 2.45) is 0 Å². The molecule has 2 rings (SSSR count). The summed E-state index contributed by atoms with van der Waals surface area (Å²) in [6, 6.07) is 7.07. The number of nitrogens with zero attached hydrogens (tertiary/aromatic N) is 1. The molecule has 7 nitrogen and oxygen atoms in total. The second-order valence-electron chi connectivity index (χ2n) is 5.57. The van der Waals surface area contributed by atoms with E-state index in [4.69, 9.17) is 9.47 Å². The van der Waals surface area contributed by atoms with Crippen molar-refractivity contribution < 1.29 is 19.1 Å². The lowest BCUT2D eigenvalue weighted by Gasteiger charge is -2.11. The number of rotatable bonds is 8. The summed E-state index contributed by atoms with van der Waals surface area (Å²) in [4.78, 5) is 23.5. The summed E-state index contributed by atoms with van der Waals surface area (Å²) < 4.78 is 10.7. The van der Waals surface area contributed by atoms with Crippen molar-refractivity contribution in [1.82, 2.24) is 10.6 Å². The molecule has 7 heteroatoms. The van der Waals surface area contributed by atoms with Gasteiger partial charge in [-0.25, -0.2) is 0 Å². The predicted octanol–water partition coefficient (Wildman–Crippen LogP) is 1.40. The molecule has 2 amide bonds. The number of methoxy groups -OCH3 is 1. The van der Waals surface area contributed by atoms with Gasteiger partial charge in [0.05, 0.1) is 7.11 Å². The first-order chi connectivity index (χ1) is 12.1. The summed E-state index contributed by atoms with van der Waals surface area (Å²) in [6.45, 7) is 2.24. The zero-order valence-electron chi connectivity index (χ0n) is 14.3. The van der Waals surface area contributed by atoms with Gasteiger partial charge in [-0.15, -0.1) is 0 Å². The minimum Gasteiger partial charge on any atom is -0.493 e. The van der Waals surface area contributed by atoms with E-state index in [-0.39, 0.29) is 30.0 Å². The predicted molar refractivity (Wildman–Crippen MR) is 91.9 cm³/mol. The Bertz CT molecular complexity index is 718. The molecule has 1 aliphatic carbocycles. The highest BCUT2D eigenvalue weighted by Crippen LogP contribution is 2.29. The van der Waals surface area contributed by atoms with Crippen LogP contribution in [0.3, 0.4) is 0 Å². The van der Waals surface area contributed by atoms with Crippen LogP contribution in [0.4, 0.5) is 0 Å². The zero-order valence-corrected chi connectivity index (χ0v) is 14.3. The maximum Gasteiger partial charge on any atom is 0.262 e. The molecule has 0 bridgehead atoms. The Kier molecular flexibility index (Phi) is 6.40. The summed E-state index contributed by atoms with van der Waals surface area (Å²) in [6.07, 6.45) is 3.40. The molecule has 0 radical (unpaired) electrons. The van der Waals surface area contributed by atoms with Crippen LogP contribution in [0.1, 0.15) is 25.3 Å². The molecule has 2 N–H and O–H groups in total. The number of hydrogen-bond donors (Lipinski definition) is 2. The van der Waals surface area contributed by atoms with Crippen molar-refractivity contribution in [1.29, 1.82) is 5.26 Å². The van der Waals surface area contributed by atoms with Crippen LogP contribution < -0.4 is 20.1 Å². The lowest BCUT2D eigenvalue weighted by Crippen LogP contribution is -2.28. The SMILES string of the molecule is CCNC(=O)COc1ccc(/C=C(\C#N)C(=O)NC2CC2)cc1OC. The van der Waals surface area contributed by atoms with Gasteiger partial charge in [0.25, 0.3) is 11.8 Å². The molecule has 1 aromatic carbocycles. The molecule has 0 aromatic heterocycles. The third-order valence-corrected chi connectivity index (χ3v) is 3.51. The first-order valence-corrected chi connectivity index (χ1v) is 8.07. The third-order valence-electron chi connectivity index (χ3n) is 3.51. The average Bonchev–Trinajstić information content (AvgIpc) is 3.42. The molecule has 0 aliphatic heterocycles. The Morgan fingerprint density at radius 3 is 2.72 bits per heavy atom. The molecule has 1 saturated carbocycles. The molecule has 0 heterocycles. The van der Waals surface area contributed by atoms with Crippen LogP contribution in [-0.4, -0.2) is 38.1 Å².